The Labute approximate surface area is 120 Å². The largest absolute Gasteiger partial charge is 0.329 e. The van der Waals surface area contributed by atoms with Crippen molar-refractivity contribution in [2.45, 2.75) is 13.0 Å². The molecular formula is C17H21FN2. The fourth-order valence-corrected chi connectivity index (χ4v) is 2.53. The lowest BCUT2D eigenvalue weighted by molar-refractivity contribution is 0.244. The van der Waals surface area contributed by atoms with Gasteiger partial charge in [-0.1, -0.05) is 49.4 Å². The van der Waals surface area contributed by atoms with Gasteiger partial charge in [0.15, 0.2) is 0 Å². The van der Waals surface area contributed by atoms with Gasteiger partial charge in [-0.2, -0.15) is 0 Å². The summed E-state index contributed by atoms with van der Waals surface area (Å²) in [5.41, 5.74) is 8.02. The van der Waals surface area contributed by atoms with Gasteiger partial charge in [0, 0.05) is 13.1 Å². The van der Waals surface area contributed by atoms with Gasteiger partial charge in [-0.25, -0.2) is 4.39 Å². The summed E-state index contributed by atoms with van der Waals surface area (Å²) in [6, 6.07) is 17.1. The predicted octanol–water partition coefficient (Wildman–Crippen LogP) is 3.20. The molecule has 106 valence electrons. The van der Waals surface area contributed by atoms with Gasteiger partial charge in [-0.15, -0.1) is 0 Å². The molecule has 0 spiro atoms. The molecule has 0 radical (unpaired) electrons. The second-order valence-electron chi connectivity index (χ2n) is 4.78. The second-order valence-corrected chi connectivity index (χ2v) is 4.78. The van der Waals surface area contributed by atoms with Crippen molar-refractivity contribution in [2.24, 2.45) is 5.73 Å². The summed E-state index contributed by atoms with van der Waals surface area (Å²) >= 11 is 0. The Morgan fingerprint density at radius 2 is 1.60 bits per heavy atom. The maximum Gasteiger partial charge on any atom is 0.123 e. The van der Waals surface area contributed by atoms with Crippen LogP contribution in [0.5, 0.6) is 0 Å². The average Bonchev–Trinajstić information content (AvgIpc) is 2.49. The van der Waals surface area contributed by atoms with Gasteiger partial charge < -0.3 is 5.73 Å². The third kappa shape index (κ3) is 3.44. The van der Waals surface area contributed by atoms with Gasteiger partial charge in [-0.05, 0) is 29.8 Å². The van der Waals surface area contributed by atoms with Crippen molar-refractivity contribution in [3.63, 3.8) is 0 Å². The van der Waals surface area contributed by atoms with Crippen molar-refractivity contribution >= 4 is 0 Å². The molecule has 1 atom stereocenters. The van der Waals surface area contributed by atoms with Crippen LogP contribution in [0.25, 0.3) is 0 Å². The molecule has 3 heteroatoms. The van der Waals surface area contributed by atoms with Crippen molar-refractivity contribution in [3.05, 3.63) is 71.5 Å². The summed E-state index contributed by atoms with van der Waals surface area (Å²) in [5.74, 6) is -0.206. The standard InChI is InChI=1S/C17H21FN2/c1-2-20(13-12-19)17(14-6-4-3-5-7-14)15-8-10-16(18)11-9-15/h3-11,17H,2,12-13,19H2,1H3. The summed E-state index contributed by atoms with van der Waals surface area (Å²) in [6.07, 6.45) is 0. The van der Waals surface area contributed by atoms with Crippen molar-refractivity contribution < 1.29 is 4.39 Å². The van der Waals surface area contributed by atoms with E-state index in [1.807, 2.05) is 30.3 Å². The van der Waals surface area contributed by atoms with Crippen LogP contribution in [0.2, 0.25) is 0 Å². The summed E-state index contributed by atoms with van der Waals surface area (Å²) in [4.78, 5) is 2.31. The van der Waals surface area contributed by atoms with Crippen molar-refractivity contribution in [1.82, 2.24) is 4.90 Å². The lowest BCUT2D eigenvalue weighted by Crippen LogP contribution is -2.34. The molecule has 2 nitrogen and oxygen atoms in total. The highest BCUT2D eigenvalue weighted by atomic mass is 19.1. The van der Waals surface area contributed by atoms with E-state index in [0.29, 0.717) is 6.54 Å². The molecule has 0 aliphatic rings. The number of hydrogen-bond acceptors (Lipinski definition) is 2. The topological polar surface area (TPSA) is 29.3 Å². The van der Waals surface area contributed by atoms with Gasteiger partial charge in [0.05, 0.1) is 6.04 Å². The number of benzene rings is 2. The number of nitrogens with zero attached hydrogens (tertiary/aromatic N) is 1. The fraction of sp³-hybridized carbons (Fsp3) is 0.294. The molecule has 0 saturated heterocycles. The van der Waals surface area contributed by atoms with Crippen LogP contribution >= 0.6 is 0 Å². The zero-order valence-corrected chi connectivity index (χ0v) is 11.8. The van der Waals surface area contributed by atoms with Gasteiger partial charge >= 0.3 is 0 Å². The normalized spacial score (nSPS) is 12.6. The smallest absolute Gasteiger partial charge is 0.123 e. The second kappa shape index (κ2) is 7.17. The van der Waals surface area contributed by atoms with Crippen LogP contribution in [0, 0.1) is 5.82 Å². The quantitative estimate of drug-likeness (QED) is 0.875. The van der Waals surface area contributed by atoms with E-state index in [1.165, 1.54) is 17.7 Å². The highest BCUT2D eigenvalue weighted by Crippen LogP contribution is 2.28. The maximum absolute atomic E-state index is 13.1. The number of rotatable bonds is 6. The summed E-state index contributed by atoms with van der Waals surface area (Å²) in [7, 11) is 0. The third-order valence-electron chi connectivity index (χ3n) is 3.49. The number of halogens is 1. The first-order valence-electron chi connectivity index (χ1n) is 7.00. The van der Waals surface area contributed by atoms with Crippen LogP contribution in [0.1, 0.15) is 24.1 Å². The first-order chi connectivity index (χ1) is 9.76. The summed E-state index contributed by atoms with van der Waals surface area (Å²) in [5, 5.41) is 0. The van der Waals surface area contributed by atoms with Crippen LogP contribution in [-0.2, 0) is 0 Å². The highest BCUT2D eigenvalue weighted by molar-refractivity contribution is 5.32. The molecule has 0 aliphatic carbocycles. The van der Waals surface area contributed by atoms with Crippen LogP contribution in [-0.4, -0.2) is 24.5 Å². The molecule has 2 aromatic carbocycles. The SMILES string of the molecule is CCN(CCN)C(c1ccccc1)c1ccc(F)cc1. The molecular weight excluding hydrogens is 251 g/mol. The first kappa shape index (κ1) is 14.7. The Morgan fingerprint density at radius 3 is 2.15 bits per heavy atom. The molecule has 0 bridgehead atoms. The monoisotopic (exact) mass is 272 g/mol. The number of hydrogen-bond donors (Lipinski definition) is 1. The lowest BCUT2D eigenvalue weighted by Gasteiger charge is -2.31. The van der Waals surface area contributed by atoms with Gasteiger partial charge in [0.2, 0.25) is 0 Å². The van der Waals surface area contributed by atoms with E-state index in [-0.39, 0.29) is 11.9 Å². The minimum atomic E-state index is -0.206. The van der Waals surface area contributed by atoms with Crippen molar-refractivity contribution in [3.8, 4) is 0 Å². The Balaban J connectivity index is 2.40. The Hall–Kier alpha value is -1.71. The predicted molar refractivity (Wildman–Crippen MR) is 81.0 cm³/mol. The Bertz CT molecular complexity index is 510. The third-order valence-corrected chi connectivity index (χ3v) is 3.49. The molecule has 0 fully saturated rings. The van der Waals surface area contributed by atoms with Crippen LogP contribution in [0.15, 0.2) is 54.6 Å². The minimum Gasteiger partial charge on any atom is -0.329 e. The molecule has 1 unspecified atom stereocenters. The fourth-order valence-electron chi connectivity index (χ4n) is 2.53. The Morgan fingerprint density at radius 1 is 1.00 bits per heavy atom. The molecule has 2 N–H and O–H groups in total. The highest BCUT2D eigenvalue weighted by Gasteiger charge is 2.20. The number of likely N-dealkylation sites (N-methyl/N-ethyl adjacent to an activating group) is 1. The zero-order chi connectivity index (χ0) is 14.4. The van der Waals surface area contributed by atoms with Gasteiger partial charge in [0.25, 0.3) is 0 Å². The summed E-state index contributed by atoms with van der Waals surface area (Å²) in [6.45, 7) is 4.44. The van der Waals surface area contributed by atoms with E-state index < -0.39 is 0 Å². The molecule has 0 aromatic heterocycles. The van der Waals surface area contributed by atoms with E-state index >= 15 is 0 Å². The van der Waals surface area contributed by atoms with Crippen LogP contribution < -0.4 is 5.73 Å². The molecule has 0 heterocycles. The van der Waals surface area contributed by atoms with Gasteiger partial charge in [-0.3, -0.25) is 4.90 Å². The number of nitrogens with two attached hydrogens (primary N) is 1. The van der Waals surface area contributed by atoms with Crippen LogP contribution in [0.4, 0.5) is 4.39 Å². The minimum absolute atomic E-state index is 0.116. The van der Waals surface area contributed by atoms with Crippen molar-refractivity contribution in [2.75, 3.05) is 19.6 Å². The van der Waals surface area contributed by atoms with E-state index in [0.717, 1.165) is 18.7 Å². The molecule has 2 aromatic rings. The maximum atomic E-state index is 13.1. The van der Waals surface area contributed by atoms with Gasteiger partial charge in [0.1, 0.15) is 5.82 Å². The molecule has 0 saturated carbocycles. The van der Waals surface area contributed by atoms with Crippen LogP contribution in [0.3, 0.4) is 0 Å². The summed E-state index contributed by atoms with van der Waals surface area (Å²) < 4.78 is 13.1. The van der Waals surface area contributed by atoms with E-state index in [9.17, 15) is 4.39 Å². The van der Waals surface area contributed by atoms with E-state index in [1.54, 1.807) is 0 Å². The van der Waals surface area contributed by atoms with Crippen molar-refractivity contribution in [1.29, 1.82) is 0 Å². The lowest BCUT2D eigenvalue weighted by atomic mass is 9.97. The molecule has 20 heavy (non-hydrogen) atoms. The molecule has 0 aliphatic heterocycles. The first-order valence-corrected chi connectivity index (χ1v) is 7.00. The van der Waals surface area contributed by atoms with E-state index in [4.69, 9.17) is 5.73 Å². The average molecular weight is 272 g/mol. The molecule has 0 amide bonds. The zero-order valence-electron chi connectivity index (χ0n) is 11.8. The Kier molecular flexibility index (Phi) is 5.27. The molecule has 2 rings (SSSR count). The van der Waals surface area contributed by atoms with E-state index in [2.05, 4.69) is 24.0 Å².